The number of rotatable bonds is 9. The quantitative estimate of drug-likeness (QED) is 0.514. The number of nitrogens with zero attached hydrogens (tertiary/aromatic N) is 1. The maximum atomic E-state index is 12.4. The molecule has 0 aliphatic carbocycles. The minimum atomic E-state index is -1.85. The second-order valence-electron chi connectivity index (χ2n) is 7.78. The van der Waals surface area contributed by atoms with Crippen LogP contribution in [0, 0.1) is 0 Å². The van der Waals surface area contributed by atoms with Crippen LogP contribution in [-0.4, -0.2) is 32.2 Å². The van der Waals surface area contributed by atoms with E-state index in [4.69, 9.17) is 4.43 Å². The van der Waals surface area contributed by atoms with Crippen LogP contribution in [-0.2, 0) is 11.0 Å². The molecule has 0 fully saturated rings. The summed E-state index contributed by atoms with van der Waals surface area (Å²) in [4.78, 5) is 14.3. The maximum absolute atomic E-state index is 12.4. The van der Waals surface area contributed by atoms with Gasteiger partial charge < -0.3 is 9.33 Å². The second kappa shape index (κ2) is 9.53. The lowest BCUT2D eigenvalue weighted by molar-refractivity contribution is 0.0773. The predicted octanol–water partition coefficient (Wildman–Crippen LogP) is 5.86. The van der Waals surface area contributed by atoms with Crippen molar-refractivity contribution in [1.82, 2.24) is 4.90 Å². The summed E-state index contributed by atoms with van der Waals surface area (Å²) in [5, 5.41) is 0. The van der Waals surface area contributed by atoms with Gasteiger partial charge in [0.05, 0.1) is 6.61 Å². The SMILES string of the molecule is CCN(CC)C(=O)c1ccc(CO[Si](C(C)C)(C(C)C)C(C)C)cc1. The highest BCUT2D eigenvalue weighted by molar-refractivity contribution is 6.77. The average Bonchev–Trinajstić information content (AvgIpc) is 2.56. The van der Waals surface area contributed by atoms with Crippen LogP contribution in [0.5, 0.6) is 0 Å². The van der Waals surface area contributed by atoms with E-state index in [1.807, 2.05) is 43.0 Å². The maximum Gasteiger partial charge on any atom is 0.253 e. The molecule has 0 radical (unpaired) electrons. The summed E-state index contributed by atoms with van der Waals surface area (Å²) in [5.41, 5.74) is 3.64. The van der Waals surface area contributed by atoms with Gasteiger partial charge in [-0.3, -0.25) is 4.79 Å². The molecule has 0 saturated heterocycles. The lowest BCUT2D eigenvalue weighted by Gasteiger charge is -2.42. The van der Waals surface area contributed by atoms with Gasteiger partial charge in [-0.15, -0.1) is 0 Å². The second-order valence-corrected chi connectivity index (χ2v) is 13.2. The van der Waals surface area contributed by atoms with E-state index in [0.29, 0.717) is 23.2 Å². The van der Waals surface area contributed by atoms with Crippen molar-refractivity contribution in [1.29, 1.82) is 0 Å². The molecule has 142 valence electrons. The number of benzene rings is 1. The normalized spacial score (nSPS) is 12.3. The van der Waals surface area contributed by atoms with Gasteiger partial charge in [0.15, 0.2) is 0 Å². The summed E-state index contributed by atoms with van der Waals surface area (Å²) in [7, 11) is -1.85. The van der Waals surface area contributed by atoms with E-state index in [1.54, 1.807) is 0 Å². The van der Waals surface area contributed by atoms with Crippen LogP contribution in [0.25, 0.3) is 0 Å². The Morgan fingerprint density at radius 2 is 1.36 bits per heavy atom. The van der Waals surface area contributed by atoms with E-state index in [-0.39, 0.29) is 5.91 Å². The van der Waals surface area contributed by atoms with Crippen LogP contribution in [0.1, 0.15) is 71.3 Å². The zero-order valence-corrected chi connectivity index (χ0v) is 18.4. The van der Waals surface area contributed by atoms with Gasteiger partial charge in [-0.05, 0) is 48.2 Å². The van der Waals surface area contributed by atoms with E-state index >= 15 is 0 Å². The van der Waals surface area contributed by atoms with Crippen molar-refractivity contribution < 1.29 is 9.22 Å². The third-order valence-corrected chi connectivity index (χ3v) is 11.5. The van der Waals surface area contributed by atoms with Gasteiger partial charge in [-0.25, -0.2) is 0 Å². The standard InChI is InChI=1S/C21H37NO2Si/c1-9-22(10-2)21(23)20-13-11-19(12-14-20)15-24-25(16(3)4,17(5)6)18(7)8/h11-14,16-18H,9-10,15H2,1-8H3. The molecule has 4 heteroatoms. The summed E-state index contributed by atoms with van der Waals surface area (Å²) in [5.74, 6) is 0.104. The summed E-state index contributed by atoms with van der Waals surface area (Å²) in [6, 6.07) is 7.94. The average molecular weight is 364 g/mol. The first kappa shape index (κ1) is 21.9. The summed E-state index contributed by atoms with van der Waals surface area (Å²) < 4.78 is 6.63. The van der Waals surface area contributed by atoms with Gasteiger partial charge in [-0.2, -0.15) is 0 Å². The first-order valence-corrected chi connectivity index (χ1v) is 11.9. The molecule has 1 aromatic rings. The molecule has 1 aromatic carbocycles. The summed E-state index contributed by atoms with van der Waals surface area (Å²) in [6.07, 6.45) is 0. The third kappa shape index (κ3) is 4.95. The van der Waals surface area contributed by atoms with E-state index < -0.39 is 8.32 Å². The van der Waals surface area contributed by atoms with Crippen molar-refractivity contribution in [3.8, 4) is 0 Å². The van der Waals surface area contributed by atoms with E-state index in [0.717, 1.165) is 24.2 Å². The topological polar surface area (TPSA) is 29.5 Å². The Labute approximate surface area is 155 Å². The molecule has 25 heavy (non-hydrogen) atoms. The van der Waals surface area contributed by atoms with Crippen molar-refractivity contribution in [3.05, 3.63) is 35.4 Å². The molecule has 0 N–H and O–H groups in total. The lowest BCUT2D eigenvalue weighted by atomic mass is 10.1. The molecule has 1 amide bonds. The molecule has 1 rings (SSSR count). The molecular weight excluding hydrogens is 326 g/mol. The first-order chi connectivity index (χ1) is 11.7. The minimum absolute atomic E-state index is 0.104. The molecule has 3 nitrogen and oxygen atoms in total. The van der Waals surface area contributed by atoms with Crippen LogP contribution in [0.2, 0.25) is 16.6 Å². The fraction of sp³-hybridized carbons (Fsp3) is 0.667. The molecule has 0 unspecified atom stereocenters. The molecule has 0 bridgehead atoms. The number of carbonyl (C=O) groups excluding carboxylic acids is 1. The van der Waals surface area contributed by atoms with Crippen LogP contribution >= 0.6 is 0 Å². The van der Waals surface area contributed by atoms with Crippen LogP contribution in [0.3, 0.4) is 0 Å². The van der Waals surface area contributed by atoms with Gasteiger partial charge >= 0.3 is 0 Å². The highest BCUT2D eigenvalue weighted by Gasteiger charge is 2.44. The van der Waals surface area contributed by atoms with Gasteiger partial charge in [-0.1, -0.05) is 53.7 Å². The van der Waals surface area contributed by atoms with E-state index in [2.05, 4.69) is 41.5 Å². The summed E-state index contributed by atoms with van der Waals surface area (Å²) in [6.45, 7) is 20.0. The van der Waals surface area contributed by atoms with E-state index in [1.165, 1.54) is 0 Å². The minimum Gasteiger partial charge on any atom is -0.412 e. The number of hydrogen-bond donors (Lipinski definition) is 0. The fourth-order valence-electron chi connectivity index (χ4n) is 4.15. The predicted molar refractivity (Wildman–Crippen MR) is 110 cm³/mol. The number of carbonyl (C=O) groups is 1. The van der Waals surface area contributed by atoms with Crippen molar-refractivity contribution in [3.63, 3.8) is 0 Å². The Kier molecular flexibility index (Phi) is 8.35. The molecule has 0 aromatic heterocycles. The Morgan fingerprint density at radius 3 is 1.72 bits per heavy atom. The summed E-state index contributed by atoms with van der Waals surface area (Å²) >= 11 is 0. The van der Waals surface area contributed by atoms with Gasteiger partial charge in [0.25, 0.3) is 5.91 Å². The Balaban J connectivity index is 2.89. The van der Waals surface area contributed by atoms with Gasteiger partial charge in [0.1, 0.15) is 0 Å². The molecule has 0 atom stereocenters. The zero-order valence-electron chi connectivity index (χ0n) is 17.4. The Bertz CT molecular complexity index is 512. The highest BCUT2D eigenvalue weighted by atomic mass is 28.4. The number of amides is 1. The monoisotopic (exact) mass is 363 g/mol. The molecule has 0 spiro atoms. The molecule has 0 aliphatic heterocycles. The zero-order chi connectivity index (χ0) is 19.2. The van der Waals surface area contributed by atoms with Gasteiger partial charge in [0, 0.05) is 18.7 Å². The molecule has 0 aliphatic rings. The van der Waals surface area contributed by atoms with Crippen LogP contribution in [0.4, 0.5) is 0 Å². The smallest absolute Gasteiger partial charge is 0.253 e. The molecule has 0 saturated carbocycles. The molecule has 0 heterocycles. The Hall–Kier alpha value is -1.13. The lowest BCUT2D eigenvalue weighted by Crippen LogP contribution is -2.47. The van der Waals surface area contributed by atoms with Crippen molar-refractivity contribution in [2.45, 2.75) is 78.6 Å². The van der Waals surface area contributed by atoms with Crippen molar-refractivity contribution >= 4 is 14.2 Å². The van der Waals surface area contributed by atoms with Crippen LogP contribution < -0.4 is 0 Å². The van der Waals surface area contributed by atoms with Crippen molar-refractivity contribution in [2.75, 3.05) is 13.1 Å². The van der Waals surface area contributed by atoms with Crippen LogP contribution in [0.15, 0.2) is 24.3 Å². The number of hydrogen-bond acceptors (Lipinski definition) is 2. The third-order valence-electron chi connectivity index (χ3n) is 5.45. The van der Waals surface area contributed by atoms with Gasteiger partial charge in [0.2, 0.25) is 8.32 Å². The largest absolute Gasteiger partial charge is 0.412 e. The fourth-order valence-corrected chi connectivity index (χ4v) is 9.56. The van der Waals surface area contributed by atoms with Crippen molar-refractivity contribution in [2.24, 2.45) is 0 Å². The molecular formula is C21H37NO2Si. The van der Waals surface area contributed by atoms with E-state index in [9.17, 15) is 4.79 Å². The highest BCUT2D eigenvalue weighted by Crippen LogP contribution is 2.42. The Morgan fingerprint density at radius 1 is 0.920 bits per heavy atom. The first-order valence-electron chi connectivity index (χ1n) is 9.72.